The second kappa shape index (κ2) is 7.86. The van der Waals surface area contributed by atoms with E-state index in [4.69, 9.17) is 9.72 Å². The van der Waals surface area contributed by atoms with Gasteiger partial charge in [-0.05, 0) is 62.1 Å². The molecule has 8 rings (SSSR count). The molecule has 4 N–H and O–H groups in total. The molecule has 1 unspecified atom stereocenters. The van der Waals surface area contributed by atoms with Crippen LogP contribution < -0.4 is 5.32 Å². The van der Waals surface area contributed by atoms with Crippen molar-refractivity contribution < 1.29 is 24.9 Å². The number of fused-ring (bicyclic) bond motifs is 3. The number of ether oxygens (including phenoxy) is 1. The first-order valence-corrected chi connectivity index (χ1v) is 14.8. The summed E-state index contributed by atoms with van der Waals surface area (Å²) >= 11 is 1.66. The van der Waals surface area contributed by atoms with E-state index in [1.807, 2.05) is 0 Å². The molecule has 3 saturated carbocycles. The molecule has 4 heterocycles. The fraction of sp³-hybridized carbons (Fsp3) is 0.786. The lowest BCUT2D eigenvalue weighted by Crippen LogP contribution is -2.85. The summed E-state index contributed by atoms with van der Waals surface area (Å²) in [5, 5.41) is 39.9. The summed E-state index contributed by atoms with van der Waals surface area (Å²) in [4.78, 5) is 22.7. The lowest BCUT2D eigenvalue weighted by molar-refractivity contribution is -0.429. The predicted octanol–water partition coefficient (Wildman–Crippen LogP) is 2.08. The van der Waals surface area contributed by atoms with Crippen LogP contribution in [0.25, 0.3) is 0 Å². The van der Waals surface area contributed by atoms with E-state index in [0.29, 0.717) is 18.4 Å². The standard InChI is InChI=1S/C28H39N3O5S/c1-15-16-7-8-18-26-14-36-28(35,27(18,21(15)32)22(16)33)23(34)19(26)25(2,3)13-17-20(26)30-24(37-17)29-9-12-31-10-5-4-6-11-31/h16,18-19,22-23,33-35H,1,4-14H2,2-3H3,(H,29,30)/t16-,18-,19+,22+,23-,26-,27-,28?/m0/s1. The number of thiazole rings is 1. The predicted molar refractivity (Wildman–Crippen MR) is 139 cm³/mol. The molecule has 3 saturated heterocycles. The van der Waals surface area contributed by atoms with Crippen LogP contribution in [0.5, 0.6) is 0 Å². The monoisotopic (exact) mass is 529 g/mol. The smallest absolute Gasteiger partial charge is 0.208 e. The van der Waals surface area contributed by atoms with E-state index in [2.05, 4.69) is 30.6 Å². The average molecular weight is 530 g/mol. The fourth-order valence-corrected chi connectivity index (χ4v) is 11.0. The molecule has 8 atom stereocenters. The molecule has 0 aromatic carbocycles. The van der Waals surface area contributed by atoms with Gasteiger partial charge in [-0.2, -0.15) is 0 Å². The molecule has 4 aliphatic carbocycles. The Balaban J connectivity index is 1.31. The largest absolute Gasteiger partial charge is 0.391 e. The summed E-state index contributed by atoms with van der Waals surface area (Å²) in [5.74, 6) is -3.62. The molecule has 4 bridgehead atoms. The van der Waals surface area contributed by atoms with Gasteiger partial charge in [0.05, 0.1) is 18.4 Å². The van der Waals surface area contributed by atoms with Gasteiger partial charge >= 0.3 is 0 Å². The molecule has 37 heavy (non-hydrogen) atoms. The Morgan fingerprint density at radius 1 is 1.19 bits per heavy atom. The zero-order chi connectivity index (χ0) is 26.0. The zero-order valence-corrected chi connectivity index (χ0v) is 22.6. The molecule has 1 aromatic rings. The van der Waals surface area contributed by atoms with E-state index in [-0.39, 0.29) is 29.6 Å². The Labute approximate surface area is 222 Å². The maximum absolute atomic E-state index is 13.9. The van der Waals surface area contributed by atoms with Crippen molar-refractivity contribution >= 4 is 22.3 Å². The highest BCUT2D eigenvalue weighted by Gasteiger charge is 2.86. The number of hydrogen-bond acceptors (Lipinski definition) is 9. The van der Waals surface area contributed by atoms with E-state index in [9.17, 15) is 20.1 Å². The number of nitrogens with one attached hydrogen (secondary N) is 1. The van der Waals surface area contributed by atoms with Crippen molar-refractivity contribution in [3.63, 3.8) is 0 Å². The third-order valence-electron chi connectivity index (χ3n) is 11.0. The molecule has 2 spiro atoms. The van der Waals surface area contributed by atoms with Crippen molar-refractivity contribution in [2.24, 2.45) is 28.6 Å². The molecule has 0 radical (unpaired) electrons. The van der Waals surface area contributed by atoms with Gasteiger partial charge in [-0.25, -0.2) is 4.98 Å². The number of carbonyl (C=O) groups is 1. The number of ketones is 1. The SMILES string of the molecule is C=C1C(=O)[C@]23[C@H](O)[C@H]1CC[C@H]2[C@@]12COC3(O)[C@@H](O)[C@@H]1C(C)(C)Cc1sc(NCCN3CCCCC3)nc12. The number of aliphatic hydroxyl groups is 3. The quantitative estimate of drug-likeness (QED) is 0.439. The molecule has 1 aromatic heterocycles. The van der Waals surface area contributed by atoms with Gasteiger partial charge in [0.25, 0.3) is 0 Å². The van der Waals surface area contributed by atoms with Crippen LogP contribution >= 0.6 is 11.3 Å². The maximum Gasteiger partial charge on any atom is 0.208 e. The second-order valence-electron chi connectivity index (χ2n) is 13.1. The van der Waals surface area contributed by atoms with Crippen LogP contribution in [0.1, 0.15) is 56.5 Å². The molecular weight excluding hydrogens is 490 g/mol. The first-order valence-electron chi connectivity index (χ1n) is 14.0. The van der Waals surface area contributed by atoms with Crippen LogP contribution in [-0.4, -0.2) is 81.8 Å². The van der Waals surface area contributed by atoms with Crippen LogP contribution in [0.2, 0.25) is 0 Å². The molecular formula is C28H39N3O5S. The summed E-state index contributed by atoms with van der Waals surface area (Å²) in [7, 11) is 0. The molecule has 3 aliphatic heterocycles. The summed E-state index contributed by atoms with van der Waals surface area (Å²) in [5.41, 5.74) is -1.49. The second-order valence-corrected chi connectivity index (χ2v) is 14.2. The van der Waals surface area contributed by atoms with Crippen LogP contribution in [0, 0.1) is 28.6 Å². The number of likely N-dealkylation sites (tertiary alicyclic amines) is 1. The highest BCUT2D eigenvalue weighted by atomic mass is 32.1. The van der Waals surface area contributed by atoms with E-state index in [1.165, 1.54) is 19.3 Å². The van der Waals surface area contributed by atoms with Crippen molar-refractivity contribution in [2.75, 3.05) is 38.1 Å². The van der Waals surface area contributed by atoms with Crippen molar-refractivity contribution in [1.29, 1.82) is 0 Å². The van der Waals surface area contributed by atoms with E-state index in [1.54, 1.807) is 11.3 Å². The van der Waals surface area contributed by atoms with E-state index >= 15 is 0 Å². The fourth-order valence-electron chi connectivity index (χ4n) is 9.67. The first kappa shape index (κ1) is 24.7. The van der Waals surface area contributed by atoms with Gasteiger partial charge in [-0.15, -0.1) is 11.3 Å². The normalized spacial score (nSPS) is 45.9. The van der Waals surface area contributed by atoms with Crippen LogP contribution in [-0.2, 0) is 21.4 Å². The molecule has 0 amide bonds. The van der Waals surface area contributed by atoms with Gasteiger partial charge in [-0.3, -0.25) is 4.79 Å². The number of rotatable bonds is 4. The molecule has 6 fully saturated rings. The first-order chi connectivity index (χ1) is 17.6. The number of anilines is 1. The van der Waals surface area contributed by atoms with Crippen LogP contribution in [0.15, 0.2) is 12.2 Å². The average Bonchev–Trinajstić information content (AvgIpc) is 3.30. The minimum atomic E-state index is -2.14. The Bertz CT molecular complexity index is 1160. The van der Waals surface area contributed by atoms with Gasteiger partial charge in [-0.1, -0.05) is 26.8 Å². The third kappa shape index (κ3) is 2.81. The number of aromatic nitrogens is 1. The topological polar surface area (TPSA) is 115 Å². The number of carbonyl (C=O) groups excluding carboxylic acids is 1. The summed E-state index contributed by atoms with van der Waals surface area (Å²) in [6.45, 7) is 12.6. The third-order valence-corrected chi connectivity index (χ3v) is 12.1. The molecule has 8 nitrogen and oxygen atoms in total. The molecule has 202 valence electrons. The highest BCUT2D eigenvalue weighted by Crippen LogP contribution is 2.75. The Morgan fingerprint density at radius 2 is 1.95 bits per heavy atom. The minimum absolute atomic E-state index is 0.183. The molecule has 9 heteroatoms. The van der Waals surface area contributed by atoms with Crippen molar-refractivity contribution in [3.8, 4) is 0 Å². The number of nitrogens with zero attached hydrogens (tertiary/aromatic N) is 2. The van der Waals surface area contributed by atoms with Crippen molar-refractivity contribution in [1.82, 2.24) is 9.88 Å². The van der Waals surface area contributed by atoms with Crippen molar-refractivity contribution in [2.45, 2.75) is 75.8 Å². The summed E-state index contributed by atoms with van der Waals surface area (Å²) in [6.07, 6.45) is 3.43. The minimum Gasteiger partial charge on any atom is -0.391 e. The van der Waals surface area contributed by atoms with Crippen LogP contribution in [0.3, 0.4) is 0 Å². The van der Waals surface area contributed by atoms with Gasteiger partial charge in [0.1, 0.15) is 11.5 Å². The highest BCUT2D eigenvalue weighted by molar-refractivity contribution is 7.15. The van der Waals surface area contributed by atoms with Gasteiger partial charge in [0, 0.05) is 35.2 Å². The number of piperidine rings is 1. The van der Waals surface area contributed by atoms with Crippen LogP contribution in [0.4, 0.5) is 5.13 Å². The summed E-state index contributed by atoms with van der Waals surface area (Å²) < 4.78 is 6.16. The lowest BCUT2D eigenvalue weighted by Gasteiger charge is -2.73. The van der Waals surface area contributed by atoms with Gasteiger partial charge < -0.3 is 30.3 Å². The zero-order valence-electron chi connectivity index (χ0n) is 21.8. The number of aliphatic hydroxyl groups excluding tert-OH is 2. The van der Waals surface area contributed by atoms with Gasteiger partial charge in [0.15, 0.2) is 10.9 Å². The number of hydrogen-bond donors (Lipinski definition) is 4. The Kier molecular flexibility index (Phi) is 5.24. The maximum atomic E-state index is 13.9. The van der Waals surface area contributed by atoms with E-state index in [0.717, 1.165) is 48.3 Å². The van der Waals surface area contributed by atoms with Crippen molar-refractivity contribution in [3.05, 3.63) is 22.7 Å². The number of Topliss-reactive ketones (excluding diaryl/α,β-unsaturated/α-hetero) is 1. The van der Waals surface area contributed by atoms with E-state index < -0.39 is 34.7 Å². The Hall–Kier alpha value is -1.36. The van der Waals surface area contributed by atoms with Gasteiger partial charge in [0.2, 0.25) is 5.79 Å². The molecule has 7 aliphatic rings. The summed E-state index contributed by atoms with van der Waals surface area (Å²) in [6, 6.07) is 0. The lowest BCUT2D eigenvalue weighted by atomic mass is 9.36. The Morgan fingerprint density at radius 3 is 2.70 bits per heavy atom.